The summed E-state index contributed by atoms with van der Waals surface area (Å²) in [7, 11) is 0.506. The highest BCUT2D eigenvalue weighted by Crippen LogP contribution is 2.53. The van der Waals surface area contributed by atoms with Gasteiger partial charge < -0.3 is 69.0 Å². The molecule has 326 valence electrons. The van der Waals surface area contributed by atoms with Crippen LogP contribution >= 0.6 is 7.60 Å². The summed E-state index contributed by atoms with van der Waals surface area (Å²) in [5.41, 5.74) is 0. The maximum atomic E-state index is 13.4. The molecular weight excluding hydrogens is 757 g/mol. The predicted molar refractivity (Wildman–Crippen MR) is 204 cm³/mol. The second-order valence-electron chi connectivity index (χ2n) is 14.3. The molecule has 5 N–H and O–H groups in total. The summed E-state index contributed by atoms with van der Waals surface area (Å²) in [6.45, 7) is 8.19. The lowest BCUT2D eigenvalue weighted by atomic mass is 9.86. The van der Waals surface area contributed by atoms with E-state index in [9.17, 15) is 33.4 Å². The van der Waals surface area contributed by atoms with Crippen LogP contribution in [0.15, 0.2) is 0 Å². The Bertz CT molecular complexity index is 1200. The molecule has 3 atom stereocenters. The van der Waals surface area contributed by atoms with Crippen molar-refractivity contribution in [1.29, 1.82) is 0 Å². The van der Waals surface area contributed by atoms with Crippen LogP contribution < -0.4 is 31.5 Å². The van der Waals surface area contributed by atoms with Crippen LogP contribution in [0.2, 0.25) is 0 Å². The quantitative estimate of drug-likeness (QED) is 0.0448. The molecular formula is C36H67N5O14P-. The van der Waals surface area contributed by atoms with Gasteiger partial charge in [0.15, 0.2) is 0 Å². The van der Waals surface area contributed by atoms with Gasteiger partial charge in [-0.2, -0.15) is 0 Å². The van der Waals surface area contributed by atoms with E-state index in [0.29, 0.717) is 65.3 Å². The normalized spacial score (nSPS) is 17.9. The molecule has 0 bridgehead atoms. The summed E-state index contributed by atoms with van der Waals surface area (Å²) in [6, 6.07) is -2.17. The first-order valence-corrected chi connectivity index (χ1v) is 20.8. The SMILES string of the molecule is COCCOCCNC(=O)CCC(NC(=O)CCC(NC(=O)C1CCC(OP(=O)([O-])C(C)(C)C)CC1)C(=O)NCCOCCOC)C(=O)NCCOCCOC. The average Bonchev–Trinajstić information content (AvgIpc) is 3.15. The number of amides is 5. The molecule has 0 spiro atoms. The Labute approximate surface area is 331 Å². The van der Waals surface area contributed by atoms with Gasteiger partial charge in [0.25, 0.3) is 0 Å². The van der Waals surface area contributed by atoms with Crippen LogP contribution in [0.25, 0.3) is 0 Å². The number of carbonyl (C=O) groups excluding carboxylic acids is 5. The molecule has 1 aliphatic carbocycles. The van der Waals surface area contributed by atoms with Crippen molar-refractivity contribution in [1.82, 2.24) is 26.6 Å². The number of hydrogen-bond donors (Lipinski definition) is 5. The minimum absolute atomic E-state index is 0.00781. The van der Waals surface area contributed by atoms with Gasteiger partial charge in [-0.3, -0.25) is 24.0 Å². The van der Waals surface area contributed by atoms with E-state index in [1.165, 1.54) is 7.11 Å². The van der Waals surface area contributed by atoms with Crippen molar-refractivity contribution in [3.8, 4) is 0 Å². The number of methoxy groups -OCH3 is 3. The first kappa shape index (κ1) is 51.3. The zero-order valence-electron chi connectivity index (χ0n) is 34.1. The second kappa shape index (κ2) is 29.5. The first-order valence-electron chi connectivity index (χ1n) is 19.3. The Morgan fingerprint density at radius 2 is 1.05 bits per heavy atom. The van der Waals surface area contributed by atoms with Crippen molar-refractivity contribution in [2.75, 3.05) is 100 Å². The highest BCUT2D eigenvalue weighted by atomic mass is 31.2. The third-order valence-corrected chi connectivity index (χ3v) is 10.9. The lowest BCUT2D eigenvalue weighted by molar-refractivity contribution is -0.209. The molecule has 0 aliphatic heterocycles. The van der Waals surface area contributed by atoms with Crippen LogP contribution in [0.4, 0.5) is 0 Å². The van der Waals surface area contributed by atoms with E-state index in [2.05, 4.69) is 26.6 Å². The zero-order valence-corrected chi connectivity index (χ0v) is 35.0. The molecule has 1 rings (SSSR count). The van der Waals surface area contributed by atoms with Crippen molar-refractivity contribution in [3.05, 3.63) is 0 Å². The van der Waals surface area contributed by atoms with Crippen LogP contribution in [0.1, 0.15) is 72.1 Å². The van der Waals surface area contributed by atoms with Gasteiger partial charge in [0.2, 0.25) is 29.5 Å². The largest absolute Gasteiger partial charge is 0.778 e. The van der Waals surface area contributed by atoms with Crippen LogP contribution in [-0.4, -0.2) is 153 Å². The molecule has 0 heterocycles. The Hall–Kier alpha value is -2.74. The molecule has 0 aromatic rings. The Morgan fingerprint density at radius 3 is 1.50 bits per heavy atom. The van der Waals surface area contributed by atoms with Gasteiger partial charge in [-0.15, -0.1) is 0 Å². The zero-order chi connectivity index (χ0) is 41.8. The van der Waals surface area contributed by atoms with Crippen molar-refractivity contribution >= 4 is 37.1 Å². The molecule has 56 heavy (non-hydrogen) atoms. The molecule has 0 saturated heterocycles. The van der Waals surface area contributed by atoms with Crippen LogP contribution in [0, 0.1) is 5.92 Å². The van der Waals surface area contributed by atoms with E-state index in [-0.39, 0.29) is 71.0 Å². The number of carbonyl (C=O) groups is 5. The van der Waals surface area contributed by atoms with E-state index in [1.54, 1.807) is 35.0 Å². The Morgan fingerprint density at radius 1 is 0.625 bits per heavy atom. The average molecular weight is 825 g/mol. The Kier molecular flexibility index (Phi) is 27.0. The maximum Gasteiger partial charge on any atom is 0.242 e. The number of ether oxygens (including phenoxy) is 6. The summed E-state index contributed by atoms with van der Waals surface area (Å²) in [5.74, 6) is -2.84. The minimum atomic E-state index is -4.13. The van der Waals surface area contributed by atoms with Gasteiger partial charge in [0, 0.05) is 64.9 Å². The summed E-state index contributed by atoms with van der Waals surface area (Å²) < 4.78 is 49.0. The highest BCUT2D eigenvalue weighted by molar-refractivity contribution is 7.53. The molecule has 20 heteroatoms. The van der Waals surface area contributed by atoms with Gasteiger partial charge >= 0.3 is 0 Å². The third-order valence-electron chi connectivity index (χ3n) is 8.71. The summed E-state index contributed by atoms with van der Waals surface area (Å²) in [4.78, 5) is 78.1. The summed E-state index contributed by atoms with van der Waals surface area (Å²) in [5, 5.41) is 12.5. The predicted octanol–water partition coefficient (Wildman–Crippen LogP) is -0.219. The van der Waals surface area contributed by atoms with Gasteiger partial charge in [-0.1, -0.05) is 20.8 Å². The standard InChI is InChI=1S/C36H68N5O14P/c1-36(2,3)56(47,48)55-28-9-7-27(8-10-28)33(44)41-30(35(46)39-17-20-54-26-23-51-6)12-14-32(43)40-29(34(45)38-16-19-53-25-22-50-5)11-13-31(42)37-15-18-52-24-21-49-4/h27-30H,7-26H2,1-6H3,(H,37,42)(H,38,45)(H,39,46)(H,40,43)(H,41,44)(H,47,48)/p-1. The van der Waals surface area contributed by atoms with Crippen LogP contribution in [0.5, 0.6) is 0 Å². The fourth-order valence-electron chi connectivity index (χ4n) is 5.25. The number of hydrogen-bond acceptors (Lipinski definition) is 14. The van der Waals surface area contributed by atoms with Gasteiger partial charge in [0.1, 0.15) is 19.7 Å². The molecule has 5 amide bonds. The fraction of sp³-hybridized carbons (Fsp3) is 0.861. The fourth-order valence-corrected chi connectivity index (χ4v) is 6.17. The molecule has 0 aromatic heterocycles. The topological polar surface area (TPSA) is 250 Å². The van der Waals surface area contributed by atoms with Crippen molar-refractivity contribution in [2.24, 2.45) is 5.92 Å². The van der Waals surface area contributed by atoms with Gasteiger partial charge in [0.05, 0.1) is 65.6 Å². The third kappa shape index (κ3) is 22.9. The monoisotopic (exact) mass is 824 g/mol. The van der Waals surface area contributed by atoms with Gasteiger partial charge in [-0.05, 0) is 38.5 Å². The Balaban J connectivity index is 2.89. The van der Waals surface area contributed by atoms with Gasteiger partial charge in [-0.25, -0.2) is 0 Å². The lowest BCUT2D eigenvalue weighted by Gasteiger charge is -2.40. The maximum absolute atomic E-state index is 13.4. The first-order chi connectivity index (χ1) is 26.6. The van der Waals surface area contributed by atoms with E-state index in [0.717, 1.165) is 0 Å². The van der Waals surface area contributed by atoms with Crippen molar-refractivity contribution < 1.29 is 66.4 Å². The molecule has 1 fully saturated rings. The van der Waals surface area contributed by atoms with Crippen molar-refractivity contribution in [2.45, 2.75) is 95.5 Å². The molecule has 0 aromatic carbocycles. The van der Waals surface area contributed by atoms with E-state index >= 15 is 0 Å². The molecule has 1 saturated carbocycles. The van der Waals surface area contributed by atoms with Crippen LogP contribution in [-0.2, 0) is 61.5 Å². The molecule has 1 aliphatic rings. The second-order valence-corrected chi connectivity index (χ2v) is 16.8. The highest BCUT2D eigenvalue weighted by Gasteiger charge is 2.34. The molecule has 3 unspecified atom stereocenters. The lowest BCUT2D eigenvalue weighted by Crippen LogP contribution is -2.51. The van der Waals surface area contributed by atoms with Crippen molar-refractivity contribution in [3.63, 3.8) is 0 Å². The minimum Gasteiger partial charge on any atom is -0.778 e. The van der Waals surface area contributed by atoms with E-state index in [1.807, 2.05) is 0 Å². The molecule has 19 nitrogen and oxygen atoms in total. The van der Waals surface area contributed by atoms with E-state index < -0.39 is 60.5 Å². The summed E-state index contributed by atoms with van der Waals surface area (Å²) in [6.07, 6.45) is 0.463. The molecule has 0 radical (unpaired) electrons. The summed E-state index contributed by atoms with van der Waals surface area (Å²) >= 11 is 0. The van der Waals surface area contributed by atoms with E-state index in [4.69, 9.17) is 32.9 Å². The number of nitrogens with one attached hydrogen (secondary N) is 5. The van der Waals surface area contributed by atoms with Crippen LogP contribution in [0.3, 0.4) is 0 Å². The number of rotatable bonds is 31. The smallest absolute Gasteiger partial charge is 0.242 e.